The number of oxazole rings is 1. The number of halogens is 1. The third kappa shape index (κ3) is 5.18. The Bertz CT molecular complexity index is 959. The Morgan fingerprint density at radius 1 is 1.07 bits per heavy atom. The molecular formula is C23H28ClN3O3. The fourth-order valence-electron chi connectivity index (χ4n) is 3.85. The lowest BCUT2D eigenvalue weighted by atomic mass is 10.0. The third-order valence-electron chi connectivity index (χ3n) is 5.23. The second-order valence-electron chi connectivity index (χ2n) is 7.50. The highest BCUT2D eigenvalue weighted by Gasteiger charge is 2.21. The van der Waals surface area contributed by atoms with Crippen molar-refractivity contribution >= 4 is 28.7 Å². The molecule has 0 spiro atoms. The average Bonchev–Trinajstić information content (AvgIpc) is 3.11. The lowest BCUT2D eigenvalue weighted by molar-refractivity contribution is 0.209. The molecule has 1 aliphatic heterocycles. The quantitative estimate of drug-likeness (QED) is 0.520. The molecule has 0 aliphatic carbocycles. The number of piperidine rings is 1. The maximum atomic E-state index is 6.03. The van der Waals surface area contributed by atoms with E-state index in [-0.39, 0.29) is 0 Å². The van der Waals surface area contributed by atoms with E-state index in [0.717, 1.165) is 49.5 Å². The summed E-state index contributed by atoms with van der Waals surface area (Å²) in [5, 5.41) is 4.09. The van der Waals surface area contributed by atoms with Crippen LogP contribution in [0.15, 0.2) is 40.8 Å². The predicted molar refractivity (Wildman–Crippen MR) is 120 cm³/mol. The molecule has 2 aromatic carbocycles. The monoisotopic (exact) mass is 429 g/mol. The molecule has 2 heterocycles. The number of likely N-dealkylation sites (tertiary alicyclic amines) is 1. The van der Waals surface area contributed by atoms with E-state index < -0.39 is 0 Å². The number of anilines is 1. The van der Waals surface area contributed by atoms with Crippen molar-refractivity contribution in [1.82, 2.24) is 9.88 Å². The van der Waals surface area contributed by atoms with Crippen molar-refractivity contribution in [3.05, 3.63) is 47.0 Å². The Labute approximate surface area is 182 Å². The van der Waals surface area contributed by atoms with E-state index in [4.69, 9.17) is 25.5 Å². The minimum Gasteiger partial charge on any atom is -0.494 e. The van der Waals surface area contributed by atoms with E-state index in [1.54, 1.807) is 6.07 Å². The zero-order chi connectivity index (χ0) is 20.9. The molecule has 0 radical (unpaired) electrons. The van der Waals surface area contributed by atoms with Gasteiger partial charge in [-0.25, -0.2) is 0 Å². The zero-order valence-corrected chi connectivity index (χ0v) is 18.2. The van der Waals surface area contributed by atoms with Gasteiger partial charge in [0.05, 0.1) is 13.2 Å². The Balaban J connectivity index is 1.34. The number of fused-ring (bicyclic) bond motifs is 1. The second-order valence-corrected chi connectivity index (χ2v) is 7.94. The van der Waals surface area contributed by atoms with Crippen LogP contribution in [0.5, 0.6) is 11.5 Å². The highest BCUT2D eigenvalue weighted by Crippen LogP contribution is 2.27. The number of rotatable bonds is 8. The number of hydrogen-bond donors (Lipinski definition) is 1. The van der Waals surface area contributed by atoms with Crippen molar-refractivity contribution in [1.29, 1.82) is 0 Å². The van der Waals surface area contributed by atoms with Crippen LogP contribution < -0.4 is 14.8 Å². The van der Waals surface area contributed by atoms with Crippen molar-refractivity contribution in [3.8, 4) is 11.5 Å². The van der Waals surface area contributed by atoms with Crippen molar-refractivity contribution in [3.63, 3.8) is 0 Å². The molecule has 6 nitrogen and oxygen atoms in total. The average molecular weight is 430 g/mol. The van der Waals surface area contributed by atoms with Gasteiger partial charge in [-0.1, -0.05) is 11.6 Å². The minimum absolute atomic E-state index is 0.346. The van der Waals surface area contributed by atoms with E-state index in [1.165, 1.54) is 5.56 Å². The molecule has 0 amide bonds. The Morgan fingerprint density at radius 2 is 1.77 bits per heavy atom. The van der Waals surface area contributed by atoms with Gasteiger partial charge in [0.2, 0.25) is 0 Å². The molecule has 0 unspecified atom stereocenters. The first kappa shape index (κ1) is 20.8. The molecule has 1 aromatic heterocycles. The summed E-state index contributed by atoms with van der Waals surface area (Å²) in [6.45, 7) is 8.18. The first-order valence-electron chi connectivity index (χ1n) is 10.6. The zero-order valence-electron chi connectivity index (χ0n) is 17.5. The van der Waals surface area contributed by atoms with Crippen LogP contribution in [-0.2, 0) is 6.54 Å². The lowest BCUT2D eigenvalue weighted by Gasteiger charge is -2.32. The number of hydrogen-bond acceptors (Lipinski definition) is 6. The number of aromatic nitrogens is 1. The fourth-order valence-corrected chi connectivity index (χ4v) is 4.01. The molecule has 1 saturated heterocycles. The molecular weight excluding hydrogens is 402 g/mol. The van der Waals surface area contributed by atoms with Gasteiger partial charge in [0.25, 0.3) is 6.01 Å². The molecule has 0 saturated carbocycles. The van der Waals surface area contributed by atoms with Crippen molar-refractivity contribution in [2.75, 3.05) is 31.6 Å². The standard InChI is InChI=1S/C23H28ClN3O3/c1-3-28-19-11-16(12-20(14-19)29-4-2)15-27-9-7-18(8-10-27)25-23-26-21-6-5-17(24)13-22(21)30-23/h5-6,11-14,18H,3-4,7-10,15H2,1-2H3,(H,25,26). The number of ether oxygens (including phenoxy) is 2. The number of nitrogens with one attached hydrogen (secondary N) is 1. The van der Waals surface area contributed by atoms with E-state index in [9.17, 15) is 0 Å². The highest BCUT2D eigenvalue weighted by molar-refractivity contribution is 6.31. The van der Waals surface area contributed by atoms with Crippen molar-refractivity contribution < 1.29 is 13.9 Å². The van der Waals surface area contributed by atoms with Crippen LogP contribution in [-0.4, -0.2) is 42.2 Å². The van der Waals surface area contributed by atoms with Crippen LogP contribution in [0, 0.1) is 0 Å². The van der Waals surface area contributed by atoms with Crippen LogP contribution in [0.4, 0.5) is 6.01 Å². The summed E-state index contributed by atoms with van der Waals surface area (Å²) in [6, 6.07) is 12.6. The number of nitrogens with zero attached hydrogens (tertiary/aromatic N) is 2. The topological polar surface area (TPSA) is 59.8 Å². The Morgan fingerprint density at radius 3 is 2.43 bits per heavy atom. The SMILES string of the molecule is CCOc1cc(CN2CCC(Nc3nc4ccc(Cl)cc4o3)CC2)cc(OCC)c1. The Kier molecular flexibility index (Phi) is 6.65. The van der Waals surface area contributed by atoms with Gasteiger partial charge in [-0.05, 0) is 56.5 Å². The predicted octanol–water partition coefficient (Wildman–Crippen LogP) is 5.36. The van der Waals surface area contributed by atoms with Gasteiger partial charge >= 0.3 is 0 Å². The Hall–Kier alpha value is -2.44. The van der Waals surface area contributed by atoms with Gasteiger partial charge in [0, 0.05) is 42.8 Å². The first-order valence-corrected chi connectivity index (χ1v) is 10.9. The van der Waals surface area contributed by atoms with Gasteiger partial charge in [-0.15, -0.1) is 0 Å². The molecule has 0 bridgehead atoms. The normalized spacial score (nSPS) is 15.4. The lowest BCUT2D eigenvalue weighted by Crippen LogP contribution is -2.38. The summed E-state index contributed by atoms with van der Waals surface area (Å²) < 4.78 is 17.2. The summed E-state index contributed by atoms with van der Waals surface area (Å²) in [5.41, 5.74) is 2.74. The van der Waals surface area contributed by atoms with Crippen LogP contribution in [0.2, 0.25) is 5.02 Å². The summed E-state index contributed by atoms with van der Waals surface area (Å²) in [4.78, 5) is 6.97. The highest BCUT2D eigenvalue weighted by atomic mass is 35.5. The minimum atomic E-state index is 0.346. The third-order valence-corrected chi connectivity index (χ3v) is 5.47. The summed E-state index contributed by atoms with van der Waals surface area (Å²) in [7, 11) is 0. The van der Waals surface area contributed by atoms with Crippen LogP contribution in [0.25, 0.3) is 11.1 Å². The first-order chi connectivity index (χ1) is 14.6. The van der Waals surface area contributed by atoms with Crippen molar-refractivity contribution in [2.24, 2.45) is 0 Å². The van der Waals surface area contributed by atoms with Crippen molar-refractivity contribution in [2.45, 2.75) is 39.3 Å². The maximum absolute atomic E-state index is 6.03. The smallest absolute Gasteiger partial charge is 0.295 e. The summed E-state index contributed by atoms with van der Waals surface area (Å²) in [6.07, 6.45) is 2.06. The molecule has 0 atom stereocenters. The molecule has 4 rings (SSSR count). The van der Waals surface area contributed by atoms with Crippen LogP contribution in [0.1, 0.15) is 32.3 Å². The van der Waals surface area contributed by atoms with Gasteiger partial charge < -0.3 is 19.2 Å². The molecule has 1 N–H and O–H groups in total. The summed E-state index contributed by atoms with van der Waals surface area (Å²) >= 11 is 6.03. The number of benzene rings is 2. The van der Waals surface area contributed by atoms with E-state index in [1.807, 2.05) is 32.0 Å². The van der Waals surface area contributed by atoms with Gasteiger partial charge in [0.15, 0.2) is 5.58 Å². The summed E-state index contributed by atoms with van der Waals surface area (Å²) in [5.74, 6) is 1.73. The van der Waals surface area contributed by atoms with E-state index in [2.05, 4.69) is 27.3 Å². The van der Waals surface area contributed by atoms with Crippen LogP contribution >= 0.6 is 11.6 Å². The van der Waals surface area contributed by atoms with Crippen LogP contribution in [0.3, 0.4) is 0 Å². The fraction of sp³-hybridized carbons (Fsp3) is 0.435. The molecule has 3 aromatic rings. The van der Waals surface area contributed by atoms with Gasteiger partial charge in [-0.3, -0.25) is 4.90 Å². The molecule has 1 fully saturated rings. The maximum Gasteiger partial charge on any atom is 0.295 e. The van der Waals surface area contributed by atoms with E-state index >= 15 is 0 Å². The van der Waals surface area contributed by atoms with Gasteiger partial charge in [0.1, 0.15) is 17.0 Å². The molecule has 7 heteroatoms. The van der Waals surface area contributed by atoms with Gasteiger partial charge in [-0.2, -0.15) is 4.98 Å². The molecule has 1 aliphatic rings. The molecule has 160 valence electrons. The van der Waals surface area contributed by atoms with E-state index in [0.29, 0.717) is 35.9 Å². The molecule has 30 heavy (non-hydrogen) atoms. The largest absolute Gasteiger partial charge is 0.494 e. The second kappa shape index (κ2) is 9.58.